The molecule has 0 aliphatic carbocycles. The number of hydrogen-bond acceptors (Lipinski definition) is 5. The van der Waals surface area contributed by atoms with Crippen molar-refractivity contribution < 1.29 is 19.1 Å². The van der Waals surface area contributed by atoms with Gasteiger partial charge in [0.15, 0.2) is 16.7 Å². The molecule has 1 aliphatic heterocycles. The van der Waals surface area contributed by atoms with Gasteiger partial charge in [0.25, 0.3) is 11.8 Å². The van der Waals surface area contributed by atoms with E-state index in [9.17, 15) is 9.59 Å². The van der Waals surface area contributed by atoms with Gasteiger partial charge >= 0.3 is 0 Å². The summed E-state index contributed by atoms with van der Waals surface area (Å²) in [5, 5.41) is 3.36. The summed E-state index contributed by atoms with van der Waals surface area (Å²) in [6, 6.07) is 18.1. The number of rotatable bonds is 6. The Morgan fingerprint density at radius 1 is 1.14 bits per heavy atom. The maximum Gasteiger partial charge on any atom is 0.279 e. The summed E-state index contributed by atoms with van der Waals surface area (Å²) < 4.78 is 12.2. The standard InChI is InChI=1S/C26H20BrClN2O4S/c1-15-3-5-16(6-4-15)14-34-23-20(27)11-17(12-21(23)33-2)13-22-25(32)30-26(35-22)29-24(31)18-7-9-19(28)10-8-18/h3-13H,14H2,1-2H3,(H,29,30,31,32)/b22-13-. The molecule has 2 amide bonds. The number of amides is 2. The number of methoxy groups -OCH3 is 1. The first-order valence-corrected chi connectivity index (χ1v) is 12.5. The number of amidine groups is 1. The summed E-state index contributed by atoms with van der Waals surface area (Å²) in [4.78, 5) is 29.3. The lowest BCUT2D eigenvalue weighted by Gasteiger charge is -2.14. The molecule has 0 saturated carbocycles. The summed E-state index contributed by atoms with van der Waals surface area (Å²) >= 11 is 10.5. The van der Waals surface area contributed by atoms with Crippen molar-refractivity contribution in [3.05, 3.63) is 97.3 Å². The average molecular weight is 572 g/mol. The predicted octanol–water partition coefficient (Wildman–Crippen LogP) is 6.40. The third kappa shape index (κ3) is 6.33. The number of carbonyl (C=O) groups is 2. The van der Waals surface area contributed by atoms with Crippen LogP contribution >= 0.6 is 39.3 Å². The molecule has 0 unspecified atom stereocenters. The van der Waals surface area contributed by atoms with Crippen LogP contribution < -0.4 is 14.8 Å². The van der Waals surface area contributed by atoms with Crippen LogP contribution in [0.3, 0.4) is 0 Å². The first-order chi connectivity index (χ1) is 16.8. The third-order valence-electron chi connectivity index (χ3n) is 5.00. The van der Waals surface area contributed by atoms with E-state index in [0.29, 0.717) is 38.1 Å². The molecule has 0 spiro atoms. The second kappa shape index (κ2) is 11.1. The van der Waals surface area contributed by atoms with Crippen molar-refractivity contribution in [1.29, 1.82) is 0 Å². The number of aryl methyl sites for hydroxylation is 1. The van der Waals surface area contributed by atoms with Crippen LogP contribution in [0, 0.1) is 6.92 Å². The normalized spacial score (nSPS) is 15.4. The van der Waals surface area contributed by atoms with E-state index in [-0.39, 0.29) is 11.1 Å². The van der Waals surface area contributed by atoms with E-state index in [1.807, 2.05) is 37.3 Å². The summed E-state index contributed by atoms with van der Waals surface area (Å²) in [5.41, 5.74) is 3.32. The molecular formula is C26H20BrClN2O4S. The largest absolute Gasteiger partial charge is 0.493 e. The SMILES string of the molecule is COc1cc(/C=C2\SC(=NC(=O)c3ccc(Cl)cc3)NC2=O)cc(Br)c1OCc1ccc(C)cc1. The summed E-state index contributed by atoms with van der Waals surface area (Å²) in [6.07, 6.45) is 1.70. The van der Waals surface area contributed by atoms with Gasteiger partial charge < -0.3 is 14.8 Å². The van der Waals surface area contributed by atoms with Gasteiger partial charge in [0.2, 0.25) is 0 Å². The smallest absolute Gasteiger partial charge is 0.279 e. The van der Waals surface area contributed by atoms with Gasteiger partial charge in [-0.15, -0.1) is 0 Å². The highest BCUT2D eigenvalue weighted by atomic mass is 79.9. The van der Waals surface area contributed by atoms with E-state index in [4.69, 9.17) is 21.1 Å². The zero-order chi connectivity index (χ0) is 24.9. The number of nitrogens with one attached hydrogen (secondary N) is 1. The highest BCUT2D eigenvalue weighted by Gasteiger charge is 2.25. The molecule has 1 aliphatic rings. The summed E-state index contributed by atoms with van der Waals surface area (Å²) in [6.45, 7) is 2.42. The molecule has 0 aromatic heterocycles. The number of halogens is 2. The minimum absolute atomic E-state index is 0.213. The minimum Gasteiger partial charge on any atom is -0.493 e. The molecule has 1 fully saturated rings. The zero-order valence-corrected chi connectivity index (χ0v) is 22.0. The van der Waals surface area contributed by atoms with E-state index >= 15 is 0 Å². The van der Waals surface area contributed by atoms with Crippen LogP contribution in [0.1, 0.15) is 27.0 Å². The van der Waals surface area contributed by atoms with E-state index in [0.717, 1.165) is 22.9 Å². The monoisotopic (exact) mass is 570 g/mol. The van der Waals surface area contributed by atoms with Crippen molar-refractivity contribution in [2.75, 3.05) is 7.11 Å². The van der Waals surface area contributed by atoms with Gasteiger partial charge in [0.1, 0.15) is 6.61 Å². The second-order valence-electron chi connectivity index (χ2n) is 7.60. The van der Waals surface area contributed by atoms with E-state index in [2.05, 4.69) is 26.2 Å². The first-order valence-electron chi connectivity index (χ1n) is 10.5. The van der Waals surface area contributed by atoms with E-state index in [1.165, 1.54) is 5.56 Å². The Balaban J connectivity index is 1.51. The van der Waals surface area contributed by atoms with E-state index < -0.39 is 5.91 Å². The fourth-order valence-electron chi connectivity index (χ4n) is 3.18. The number of aliphatic imine (C=N–C) groups is 1. The predicted molar refractivity (Wildman–Crippen MR) is 143 cm³/mol. The van der Waals surface area contributed by atoms with Crippen LogP contribution in [0.25, 0.3) is 6.08 Å². The van der Waals surface area contributed by atoms with Crippen LogP contribution in [0.15, 0.2) is 75.0 Å². The molecule has 0 atom stereocenters. The number of benzene rings is 3. The maximum atomic E-state index is 12.5. The van der Waals surface area contributed by atoms with E-state index in [1.54, 1.807) is 43.5 Å². The van der Waals surface area contributed by atoms with Crippen molar-refractivity contribution >= 4 is 62.4 Å². The van der Waals surface area contributed by atoms with Gasteiger partial charge in [-0.25, -0.2) is 0 Å². The number of nitrogens with zero attached hydrogens (tertiary/aromatic N) is 1. The van der Waals surface area contributed by atoms with Crippen molar-refractivity contribution in [3.8, 4) is 11.5 Å². The molecule has 3 aromatic rings. The molecule has 0 radical (unpaired) electrons. The number of ether oxygens (including phenoxy) is 2. The van der Waals surface area contributed by atoms with Gasteiger partial charge in [0, 0.05) is 10.6 Å². The average Bonchev–Trinajstić information content (AvgIpc) is 3.17. The highest BCUT2D eigenvalue weighted by molar-refractivity contribution is 9.10. The molecular weight excluding hydrogens is 552 g/mol. The zero-order valence-electron chi connectivity index (χ0n) is 18.8. The Morgan fingerprint density at radius 2 is 1.86 bits per heavy atom. The molecule has 3 aromatic carbocycles. The first kappa shape index (κ1) is 25.0. The van der Waals surface area contributed by atoms with Crippen LogP contribution in [0.5, 0.6) is 11.5 Å². The molecule has 9 heteroatoms. The van der Waals surface area contributed by atoms with Crippen LogP contribution in [-0.4, -0.2) is 24.1 Å². The Morgan fingerprint density at radius 3 is 2.54 bits per heavy atom. The Kier molecular flexibility index (Phi) is 7.95. The molecule has 4 rings (SSSR count). The quantitative estimate of drug-likeness (QED) is 0.347. The van der Waals surface area contributed by atoms with Gasteiger partial charge in [-0.2, -0.15) is 4.99 Å². The Labute approximate surface area is 220 Å². The molecule has 0 bridgehead atoms. The molecule has 6 nitrogen and oxygen atoms in total. The van der Waals surface area contributed by atoms with Gasteiger partial charge in [-0.1, -0.05) is 41.4 Å². The van der Waals surface area contributed by atoms with Gasteiger partial charge in [-0.05, 0) is 88.2 Å². The third-order valence-corrected chi connectivity index (χ3v) is 6.75. The lowest BCUT2D eigenvalue weighted by Crippen LogP contribution is -2.20. The van der Waals surface area contributed by atoms with Crippen LogP contribution in [0.4, 0.5) is 0 Å². The number of carbonyl (C=O) groups excluding carboxylic acids is 2. The topological polar surface area (TPSA) is 77.0 Å². The lowest BCUT2D eigenvalue weighted by atomic mass is 10.1. The van der Waals surface area contributed by atoms with Crippen molar-refractivity contribution in [2.24, 2.45) is 4.99 Å². The fraction of sp³-hybridized carbons (Fsp3) is 0.115. The van der Waals surface area contributed by atoms with Crippen LogP contribution in [-0.2, 0) is 11.4 Å². The van der Waals surface area contributed by atoms with Crippen molar-refractivity contribution in [1.82, 2.24) is 5.32 Å². The van der Waals surface area contributed by atoms with Gasteiger partial charge in [0.05, 0.1) is 16.5 Å². The van der Waals surface area contributed by atoms with Crippen molar-refractivity contribution in [3.63, 3.8) is 0 Å². The number of hydrogen-bond donors (Lipinski definition) is 1. The minimum atomic E-state index is -0.467. The highest BCUT2D eigenvalue weighted by Crippen LogP contribution is 2.38. The number of thioether (sulfide) groups is 1. The maximum absolute atomic E-state index is 12.5. The Hall–Kier alpha value is -3.07. The fourth-order valence-corrected chi connectivity index (χ4v) is 4.70. The molecule has 178 valence electrons. The molecule has 35 heavy (non-hydrogen) atoms. The van der Waals surface area contributed by atoms with Crippen molar-refractivity contribution in [2.45, 2.75) is 13.5 Å². The van der Waals surface area contributed by atoms with Gasteiger partial charge in [-0.3, -0.25) is 9.59 Å². The second-order valence-corrected chi connectivity index (χ2v) is 9.92. The Bertz CT molecular complexity index is 1340. The lowest BCUT2D eigenvalue weighted by molar-refractivity contribution is -0.115. The van der Waals surface area contributed by atoms with Crippen LogP contribution in [0.2, 0.25) is 5.02 Å². The summed E-state index contributed by atoms with van der Waals surface area (Å²) in [5.74, 6) is 0.278. The molecule has 1 heterocycles. The molecule has 1 saturated heterocycles. The molecule has 1 N–H and O–H groups in total. The summed E-state index contributed by atoms with van der Waals surface area (Å²) in [7, 11) is 1.56.